The molecule has 1 N–H and O–H groups in total. The SMILES string of the molecule is CCC(O)CCCCC(=O)OC. The zero-order chi connectivity index (χ0) is 9.40. The van der Waals surface area contributed by atoms with Crippen molar-refractivity contribution in [2.45, 2.75) is 45.1 Å². The molecule has 3 nitrogen and oxygen atoms in total. The van der Waals surface area contributed by atoms with E-state index in [2.05, 4.69) is 4.74 Å². The Kier molecular flexibility index (Phi) is 6.76. The van der Waals surface area contributed by atoms with Crippen LogP contribution < -0.4 is 0 Å². The standard InChI is InChI=1S/C9H18O3/c1-3-8(10)6-4-5-7-9(11)12-2/h8,10H,3-7H2,1-2H3. The van der Waals surface area contributed by atoms with E-state index < -0.39 is 0 Å². The van der Waals surface area contributed by atoms with Crippen LogP contribution >= 0.6 is 0 Å². The van der Waals surface area contributed by atoms with Gasteiger partial charge in [0.2, 0.25) is 0 Å². The number of ether oxygens (including phenoxy) is 1. The van der Waals surface area contributed by atoms with Gasteiger partial charge in [0.1, 0.15) is 0 Å². The van der Waals surface area contributed by atoms with Crippen molar-refractivity contribution in [3.8, 4) is 0 Å². The lowest BCUT2D eigenvalue weighted by atomic mass is 10.1. The maximum absolute atomic E-state index is 10.6. The summed E-state index contributed by atoms with van der Waals surface area (Å²) >= 11 is 0. The summed E-state index contributed by atoms with van der Waals surface area (Å²) in [4.78, 5) is 10.6. The Morgan fingerprint density at radius 2 is 2.17 bits per heavy atom. The van der Waals surface area contributed by atoms with E-state index in [9.17, 15) is 4.79 Å². The predicted octanol–water partition coefficient (Wildman–Crippen LogP) is 1.49. The number of aliphatic hydroxyl groups excluding tert-OH is 1. The maximum Gasteiger partial charge on any atom is 0.305 e. The molecule has 0 aliphatic rings. The first kappa shape index (κ1) is 11.4. The van der Waals surface area contributed by atoms with E-state index in [-0.39, 0.29) is 12.1 Å². The Morgan fingerprint density at radius 3 is 2.67 bits per heavy atom. The van der Waals surface area contributed by atoms with Gasteiger partial charge in [-0.1, -0.05) is 13.3 Å². The molecule has 0 amide bonds. The van der Waals surface area contributed by atoms with Gasteiger partial charge in [0.15, 0.2) is 0 Å². The molecule has 0 aliphatic carbocycles. The van der Waals surface area contributed by atoms with Gasteiger partial charge in [0.25, 0.3) is 0 Å². The van der Waals surface area contributed by atoms with Gasteiger partial charge in [-0.25, -0.2) is 0 Å². The largest absolute Gasteiger partial charge is 0.469 e. The number of carbonyl (C=O) groups is 1. The van der Waals surface area contributed by atoms with Crippen LogP contribution in [0.5, 0.6) is 0 Å². The molecule has 72 valence electrons. The van der Waals surface area contributed by atoms with E-state index in [1.165, 1.54) is 7.11 Å². The summed E-state index contributed by atoms with van der Waals surface area (Å²) in [6.07, 6.45) is 3.54. The number of esters is 1. The lowest BCUT2D eigenvalue weighted by Gasteiger charge is -2.05. The molecule has 0 aromatic heterocycles. The number of unbranched alkanes of at least 4 members (excludes halogenated alkanes) is 1. The topological polar surface area (TPSA) is 46.5 Å². The first-order valence-corrected chi connectivity index (χ1v) is 4.45. The lowest BCUT2D eigenvalue weighted by molar-refractivity contribution is -0.140. The Morgan fingerprint density at radius 1 is 1.50 bits per heavy atom. The minimum Gasteiger partial charge on any atom is -0.469 e. The van der Waals surface area contributed by atoms with Crippen LogP contribution in [0.15, 0.2) is 0 Å². The smallest absolute Gasteiger partial charge is 0.305 e. The Hall–Kier alpha value is -0.570. The number of rotatable bonds is 6. The molecule has 0 fully saturated rings. The fourth-order valence-electron chi connectivity index (χ4n) is 0.955. The fourth-order valence-corrected chi connectivity index (χ4v) is 0.955. The molecule has 0 bridgehead atoms. The van der Waals surface area contributed by atoms with E-state index >= 15 is 0 Å². The van der Waals surface area contributed by atoms with Gasteiger partial charge in [-0.15, -0.1) is 0 Å². The number of carbonyl (C=O) groups excluding carboxylic acids is 1. The van der Waals surface area contributed by atoms with Crippen molar-refractivity contribution >= 4 is 5.97 Å². The van der Waals surface area contributed by atoms with E-state index in [4.69, 9.17) is 5.11 Å². The quantitative estimate of drug-likeness (QED) is 0.490. The molecule has 12 heavy (non-hydrogen) atoms. The van der Waals surface area contributed by atoms with Crippen LogP contribution in [-0.2, 0) is 9.53 Å². The van der Waals surface area contributed by atoms with Crippen molar-refractivity contribution in [2.24, 2.45) is 0 Å². The van der Waals surface area contributed by atoms with Crippen LogP contribution in [0.4, 0.5) is 0 Å². The summed E-state index contributed by atoms with van der Waals surface area (Å²) in [5, 5.41) is 9.16. The molecular formula is C9H18O3. The molecule has 0 radical (unpaired) electrons. The van der Waals surface area contributed by atoms with Crippen LogP contribution in [0.3, 0.4) is 0 Å². The van der Waals surface area contributed by atoms with Crippen LogP contribution in [0.1, 0.15) is 39.0 Å². The number of aliphatic hydroxyl groups is 1. The Labute approximate surface area is 73.7 Å². The Bertz CT molecular complexity index is 123. The molecule has 0 rings (SSSR count). The van der Waals surface area contributed by atoms with E-state index in [0.717, 1.165) is 25.7 Å². The Balaban J connectivity index is 3.15. The average Bonchev–Trinajstić information content (AvgIpc) is 2.11. The van der Waals surface area contributed by atoms with Crippen LogP contribution in [0.25, 0.3) is 0 Å². The summed E-state index contributed by atoms with van der Waals surface area (Å²) in [6.45, 7) is 1.95. The van der Waals surface area contributed by atoms with Gasteiger partial charge in [-0.3, -0.25) is 4.79 Å². The number of methoxy groups -OCH3 is 1. The predicted molar refractivity (Wildman–Crippen MR) is 46.8 cm³/mol. The molecule has 0 spiro atoms. The third-order valence-corrected chi connectivity index (χ3v) is 1.87. The van der Waals surface area contributed by atoms with Gasteiger partial charge in [-0.2, -0.15) is 0 Å². The molecule has 0 aliphatic heterocycles. The molecule has 0 saturated carbocycles. The summed E-state index contributed by atoms with van der Waals surface area (Å²) in [5.74, 6) is -0.166. The normalized spacial score (nSPS) is 12.6. The van der Waals surface area contributed by atoms with E-state index in [0.29, 0.717) is 6.42 Å². The molecule has 3 heteroatoms. The minimum atomic E-state index is -0.206. The average molecular weight is 174 g/mol. The summed E-state index contributed by atoms with van der Waals surface area (Å²) in [6, 6.07) is 0. The molecule has 0 heterocycles. The zero-order valence-electron chi connectivity index (χ0n) is 7.88. The van der Waals surface area contributed by atoms with Gasteiger partial charge >= 0.3 is 5.97 Å². The highest BCUT2D eigenvalue weighted by Crippen LogP contribution is 2.06. The maximum atomic E-state index is 10.6. The van der Waals surface area contributed by atoms with Crippen LogP contribution in [0.2, 0.25) is 0 Å². The van der Waals surface area contributed by atoms with Crippen molar-refractivity contribution < 1.29 is 14.6 Å². The third-order valence-electron chi connectivity index (χ3n) is 1.87. The first-order chi connectivity index (χ1) is 5.70. The molecule has 0 aromatic carbocycles. The minimum absolute atomic E-state index is 0.166. The second-order valence-corrected chi connectivity index (χ2v) is 2.88. The van der Waals surface area contributed by atoms with Gasteiger partial charge in [0.05, 0.1) is 13.2 Å². The van der Waals surface area contributed by atoms with Gasteiger partial charge < -0.3 is 9.84 Å². The van der Waals surface area contributed by atoms with E-state index in [1.54, 1.807) is 0 Å². The molecule has 1 unspecified atom stereocenters. The van der Waals surface area contributed by atoms with E-state index in [1.807, 2.05) is 6.92 Å². The van der Waals surface area contributed by atoms with Crippen LogP contribution in [0, 0.1) is 0 Å². The number of hydrogen-bond donors (Lipinski definition) is 1. The highest BCUT2D eigenvalue weighted by molar-refractivity contribution is 5.68. The molecule has 1 atom stereocenters. The van der Waals surface area contributed by atoms with Crippen molar-refractivity contribution in [3.05, 3.63) is 0 Å². The summed E-state index contributed by atoms with van der Waals surface area (Å²) in [7, 11) is 1.39. The number of hydrogen-bond acceptors (Lipinski definition) is 3. The fraction of sp³-hybridized carbons (Fsp3) is 0.889. The lowest BCUT2D eigenvalue weighted by Crippen LogP contribution is -2.05. The van der Waals surface area contributed by atoms with Crippen LogP contribution in [-0.4, -0.2) is 24.3 Å². The summed E-state index contributed by atoms with van der Waals surface area (Å²) < 4.78 is 4.48. The second-order valence-electron chi connectivity index (χ2n) is 2.88. The summed E-state index contributed by atoms with van der Waals surface area (Å²) in [5.41, 5.74) is 0. The monoisotopic (exact) mass is 174 g/mol. The molecule has 0 aromatic rings. The van der Waals surface area contributed by atoms with Crippen molar-refractivity contribution in [2.75, 3.05) is 7.11 Å². The van der Waals surface area contributed by atoms with Crippen molar-refractivity contribution in [1.82, 2.24) is 0 Å². The molecular weight excluding hydrogens is 156 g/mol. The highest BCUT2D eigenvalue weighted by Gasteiger charge is 2.02. The van der Waals surface area contributed by atoms with Crippen molar-refractivity contribution in [3.63, 3.8) is 0 Å². The second kappa shape index (κ2) is 7.10. The highest BCUT2D eigenvalue weighted by atomic mass is 16.5. The van der Waals surface area contributed by atoms with Crippen molar-refractivity contribution in [1.29, 1.82) is 0 Å². The van der Waals surface area contributed by atoms with Gasteiger partial charge in [0, 0.05) is 6.42 Å². The third kappa shape index (κ3) is 6.16. The zero-order valence-corrected chi connectivity index (χ0v) is 7.88. The molecule has 0 saturated heterocycles. The first-order valence-electron chi connectivity index (χ1n) is 4.45. The van der Waals surface area contributed by atoms with Gasteiger partial charge in [-0.05, 0) is 19.3 Å².